The van der Waals surface area contributed by atoms with Crippen LogP contribution < -0.4 is 15.8 Å². The number of hydrogen-bond donors (Lipinski definition) is 2. The van der Waals surface area contributed by atoms with Gasteiger partial charge in [-0.1, -0.05) is 6.07 Å². The smallest absolute Gasteiger partial charge is 0.261 e. The Hall–Kier alpha value is -1.62. The maximum Gasteiger partial charge on any atom is 0.261 e. The molecule has 18 heavy (non-hydrogen) atoms. The van der Waals surface area contributed by atoms with Crippen LogP contribution >= 0.6 is 0 Å². The van der Waals surface area contributed by atoms with E-state index in [1.165, 1.54) is 18.2 Å². The van der Waals surface area contributed by atoms with Crippen molar-refractivity contribution >= 4 is 5.91 Å². The van der Waals surface area contributed by atoms with Gasteiger partial charge in [-0.25, -0.2) is 4.39 Å². The monoisotopic (exact) mass is 254 g/mol. The van der Waals surface area contributed by atoms with E-state index in [4.69, 9.17) is 10.5 Å². The van der Waals surface area contributed by atoms with E-state index in [9.17, 15) is 9.18 Å². The summed E-state index contributed by atoms with van der Waals surface area (Å²) < 4.78 is 18.3. The van der Waals surface area contributed by atoms with Crippen molar-refractivity contribution in [1.29, 1.82) is 0 Å². The lowest BCUT2D eigenvalue weighted by Crippen LogP contribution is -2.52. The highest BCUT2D eigenvalue weighted by Gasteiger charge is 2.23. The second kappa shape index (κ2) is 5.82. The highest BCUT2D eigenvalue weighted by Crippen LogP contribution is 2.14. The summed E-state index contributed by atoms with van der Waals surface area (Å²) in [5.41, 5.74) is 5.03. The van der Waals surface area contributed by atoms with E-state index in [-0.39, 0.29) is 5.91 Å². The summed E-state index contributed by atoms with van der Waals surface area (Å²) in [6, 6.07) is 5.67. The van der Waals surface area contributed by atoms with E-state index < -0.39 is 17.5 Å². The Bertz CT molecular complexity index is 421. The van der Waals surface area contributed by atoms with Crippen molar-refractivity contribution in [3.8, 4) is 5.75 Å². The first-order valence-electron chi connectivity index (χ1n) is 5.78. The summed E-state index contributed by atoms with van der Waals surface area (Å²) in [6.45, 7) is 5.57. The molecule has 1 aromatic rings. The quantitative estimate of drug-likeness (QED) is 0.835. The van der Waals surface area contributed by atoms with E-state index in [1.54, 1.807) is 13.0 Å². The molecule has 0 bridgehead atoms. The second-order valence-corrected chi connectivity index (χ2v) is 4.79. The largest absolute Gasteiger partial charge is 0.481 e. The molecule has 4 nitrogen and oxygen atoms in total. The number of halogens is 1. The number of benzene rings is 1. The van der Waals surface area contributed by atoms with Gasteiger partial charge in [0, 0.05) is 18.2 Å². The molecule has 1 amide bonds. The second-order valence-electron chi connectivity index (χ2n) is 4.79. The number of carbonyl (C=O) groups is 1. The van der Waals surface area contributed by atoms with Crippen molar-refractivity contribution in [2.24, 2.45) is 5.73 Å². The summed E-state index contributed by atoms with van der Waals surface area (Å²) >= 11 is 0. The highest BCUT2D eigenvalue weighted by atomic mass is 19.1. The van der Waals surface area contributed by atoms with E-state index in [0.717, 1.165) is 0 Å². The van der Waals surface area contributed by atoms with Crippen molar-refractivity contribution in [1.82, 2.24) is 5.32 Å². The Balaban J connectivity index is 2.60. The lowest BCUT2D eigenvalue weighted by molar-refractivity contribution is -0.128. The predicted octanol–water partition coefficient (Wildman–Crippen LogP) is 1.45. The van der Waals surface area contributed by atoms with Crippen molar-refractivity contribution in [3.05, 3.63) is 30.1 Å². The minimum Gasteiger partial charge on any atom is -0.481 e. The zero-order valence-electron chi connectivity index (χ0n) is 10.9. The van der Waals surface area contributed by atoms with Crippen molar-refractivity contribution < 1.29 is 13.9 Å². The molecule has 0 fully saturated rings. The van der Waals surface area contributed by atoms with Crippen LogP contribution in [0.2, 0.25) is 0 Å². The van der Waals surface area contributed by atoms with Gasteiger partial charge in [0.05, 0.1) is 0 Å². The Labute approximate surface area is 106 Å². The van der Waals surface area contributed by atoms with E-state index in [1.807, 2.05) is 13.8 Å². The minimum absolute atomic E-state index is 0.283. The molecule has 0 radical (unpaired) electrons. The van der Waals surface area contributed by atoms with Gasteiger partial charge in [-0.2, -0.15) is 0 Å². The SMILES string of the molecule is CC(Oc1cccc(F)c1)C(=O)NC(C)(C)CN. The number of nitrogens with one attached hydrogen (secondary N) is 1. The Kier molecular flexibility index (Phi) is 4.67. The number of amides is 1. The molecule has 0 aliphatic heterocycles. The normalized spacial score (nSPS) is 12.9. The standard InChI is InChI=1S/C13H19FN2O2/c1-9(12(17)16-13(2,3)8-15)18-11-6-4-5-10(14)7-11/h4-7,9H,8,15H2,1-3H3,(H,16,17). The number of ether oxygens (including phenoxy) is 1. The molecule has 3 N–H and O–H groups in total. The van der Waals surface area contributed by atoms with E-state index in [2.05, 4.69) is 5.32 Å². The average molecular weight is 254 g/mol. The molecule has 1 unspecified atom stereocenters. The number of carbonyl (C=O) groups excluding carboxylic acids is 1. The minimum atomic E-state index is -0.711. The third-order valence-corrected chi connectivity index (χ3v) is 2.45. The Morgan fingerprint density at radius 1 is 1.56 bits per heavy atom. The van der Waals surface area contributed by atoms with Gasteiger partial charge in [0.15, 0.2) is 6.10 Å². The van der Waals surface area contributed by atoms with Gasteiger partial charge < -0.3 is 15.8 Å². The van der Waals surface area contributed by atoms with Crippen LogP contribution in [0.4, 0.5) is 4.39 Å². The van der Waals surface area contributed by atoms with Crippen LogP contribution in [0.1, 0.15) is 20.8 Å². The van der Waals surface area contributed by atoms with Crippen LogP contribution in [0.15, 0.2) is 24.3 Å². The molecule has 5 heteroatoms. The molecule has 0 spiro atoms. The average Bonchev–Trinajstić information content (AvgIpc) is 2.28. The topological polar surface area (TPSA) is 64.3 Å². The first kappa shape index (κ1) is 14.4. The van der Waals surface area contributed by atoms with E-state index in [0.29, 0.717) is 12.3 Å². The molecular formula is C13H19FN2O2. The molecular weight excluding hydrogens is 235 g/mol. The Morgan fingerprint density at radius 3 is 2.78 bits per heavy atom. The summed E-state index contributed by atoms with van der Waals surface area (Å²) in [5.74, 6) is -0.361. The molecule has 0 heterocycles. The summed E-state index contributed by atoms with van der Waals surface area (Å²) in [6.07, 6.45) is -0.711. The Morgan fingerprint density at radius 2 is 2.22 bits per heavy atom. The molecule has 0 saturated heterocycles. The first-order valence-corrected chi connectivity index (χ1v) is 5.78. The van der Waals surface area contributed by atoms with Gasteiger partial charge >= 0.3 is 0 Å². The van der Waals surface area contributed by atoms with Crippen LogP contribution in [-0.4, -0.2) is 24.1 Å². The highest BCUT2D eigenvalue weighted by molar-refractivity contribution is 5.81. The number of rotatable bonds is 5. The third-order valence-electron chi connectivity index (χ3n) is 2.45. The van der Waals surface area contributed by atoms with Crippen LogP contribution in [-0.2, 0) is 4.79 Å². The predicted molar refractivity (Wildman–Crippen MR) is 67.8 cm³/mol. The van der Waals surface area contributed by atoms with Crippen LogP contribution in [0.25, 0.3) is 0 Å². The third kappa shape index (κ3) is 4.33. The van der Waals surface area contributed by atoms with Gasteiger partial charge in [0.25, 0.3) is 5.91 Å². The summed E-state index contributed by atoms with van der Waals surface area (Å²) in [7, 11) is 0. The molecule has 100 valence electrons. The van der Waals surface area contributed by atoms with Crippen LogP contribution in [0.5, 0.6) is 5.75 Å². The molecule has 1 aromatic carbocycles. The van der Waals surface area contributed by atoms with E-state index >= 15 is 0 Å². The lowest BCUT2D eigenvalue weighted by atomic mass is 10.1. The van der Waals surface area contributed by atoms with Gasteiger partial charge in [-0.3, -0.25) is 4.79 Å². The van der Waals surface area contributed by atoms with Crippen molar-refractivity contribution in [2.45, 2.75) is 32.4 Å². The zero-order chi connectivity index (χ0) is 13.8. The fraction of sp³-hybridized carbons (Fsp3) is 0.462. The van der Waals surface area contributed by atoms with Crippen LogP contribution in [0.3, 0.4) is 0 Å². The zero-order valence-corrected chi connectivity index (χ0v) is 10.9. The molecule has 0 saturated carbocycles. The number of nitrogens with two attached hydrogens (primary N) is 1. The van der Waals surface area contributed by atoms with Gasteiger partial charge in [0.1, 0.15) is 11.6 Å². The molecule has 0 aromatic heterocycles. The lowest BCUT2D eigenvalue weighted by Gasteiger charge is -2.26. The molecule has 1 atom stereocenters. The molecule has 1 rings (SSSR count). The van der Waals surface area contributed by atoms with Gasteiger partial charge in [0.2, 0.25) is 0 Å². The summed E-state index contributed by atoms with van der Waals surface area (Å²) in [5, 5.41) is 2.76. The molecule has 0 aliphatic rings. The maximum atomic E-state index is 12.9. The fourth-order valence-electron chi connectivity index (χ4n) is 1.28. The van der Waals surface area contributed by atoms with Gasteiger partial charge in [-0.15, -0.1) is 0 Å². The fourth-order valence-corrected chi connectivity index (χ4v) is 1.28. The van der Waals surface area contributed by atoms with Crippen molar-refractivity contribution in [3.63, 3.8) is 0 Å². The number of hydrogen-bond acceptors (Lipinski definition) is 3. The first-order chi connectivity index (χ1) is 8.34. The van der Waals surface area contributed by atoms with Crippen molar-refractivity contribution in [2.75, 3.05) is 6.54 Å². The van der Waals surface area contributed by atoms with Crippen LogP contribution in [0, 0.1) is 5.82 Å². The maximum absolute atomic E-state index is 12.9. The molecule has 0 aliphatic carbocycles. The summed E-state index contributed by atoms with van der Waals surface area (Å²) in [4.78, 5) is 11.8. The van der Waals surface area contributed by atoms with Gasteiger partial charge in [-0.05, 0) is 32.9 Å².